The molecule has 0 aromatic heterocycles. The van der Waals surface area contributed by atoms with Crippen LogP contribution in [0.15, 0.2) is 35.2 Å². The number of hydrogen-bond acceptors (Lipinski definition) is 3. The van der Waals surface area contributed by atoms with E-state index in [0.29, 0.717) is 0 Å². The Morgan fingerprint density at radius 1 is 1.46 bits per heavy atom. The molecule has 13 heavy (non-hydrogen) atoms. The van der Waals surface area contributed by atoms with Crippen LogP contribution in [0.3, 0.4) is 0 Å². The van der Waals surface area contributed by atoms with E-state index in [-0.39, 0.29) is 0 Å². The third-order valence-corrected chi connectivity index (χ3v) is 2.45. The Labute approximate surface area is 81.3 Å². The van der Waals surface area contributed by atoms with E-state index in [9.17, 15) is 4.79 Å². The van der Waals surface area contributed by atoms with Crippen LogP contribution in [0.5, 0.6) is 0 Å². The molecule has 1 rings (SSSR count). The molecule has 1 aromatic rings. The van der Waals surface area contributed by atoms with Gasteiger partial charge in [-0.05, 0) is 31.0 Å². The maximum absolute atomic E-state index is 10.4. The molecule has 0 aliphatic rings. The van der Waals surface area contributed by atoms with Gasteiger partial charge in [-0.3, -0.25) is 4.79 Å². The largest absolute Gasteiger partial charge is 0.480 e. The molecule has 0 aliphatic heterocycles. The van der Waals surface area contributed by atoms with Gasteiger partial charge in [0.25, 0.3) is 0 Å². The highest BCUT2D eigenvalue weighted by Gasteiger charge is 2.09. The minimum atomic E-state index is -0.844. The van der Waals surface area contributed by atoms with Crippen molar-refractivity contribution >= 4 is 17.9 Å². The summed E-state index contributed by atoms with van der Waals surface area (Å²) in [6.07, 6.45) is 0. The second-order valence-corrected chi connectivity index (χ2v) is 3.50. The zero-order valence-electron chi connectivity index (χ0n) is 7.23. The normalized spacial score (nSPS) is 12.4. The minimum absolute atomic E-state index is 0.537. The number of nitrogens with one attached hydrogen (secondary N) is 1. The van der Waals surface area contributed by atoms with Gasteiger partial charge in [-0.25, -0.2) is 4.72 Å². The van der Waals surface area contributed by atoms with Crippen LogP contribution < -0.4 is 4.72 Å². The third kappa shape index (κ3) is 3.48. The molecule has 70 valence electrons. The van der Waals surface area contributed by atoms with Crippen molar-refractivity contribution in [3.05, 3.63) is 30.3 Å². The van der Waals surface area contributed by atoms with Gasteiger partial charge in [-0.15, -0.1) is 0 Å². The third-order valence-electron chi connectivity index (χ3n) is 1.47. The van der Waals surface area contributed by atoms with Crippen molar-refractivity contribution in [2.75, 3.05) is 0 Å². The standard InChI is InChI=1S/C9H11NO2S/c1-7(9(11)12)10-13-8-5-3-2-4-6-8/h2-7,10H,1H3,(H,11,12). The molecule has 2 N–H and O–H groups in total. The molecular formula is C9H11NO2S. The van der Waals surface area contributed by atoms with Crippen LogP contribution in [0.1, 0.15) is 6.92 Å². The van der Waals surface area contributed by atoms with Crippen molar-refractivity contribution in [1.29, 1.82) is 0 Å². The van der Waals surface area contributed by atoms with Crippen molar-refractivity contribution < 1.29 is 9.90 Å². The van der Waals surface area contributed by atoms with Gasteiger partial charge < -0.3 is 5.11 Å². The predicted molar refractivity (Wildman–Crippen MR) is 52.5 cm³/mol. The van der Waals surface area contributed by atoms with Crippen molar-refractivity contribution in [3.63, 3.8) is 0 Å². The molecule has 0 saturated carbocycles. The number of benzene rings is 1. The first-order valence-electron chi connectivity index (χ1n) is 3.90. The van der Waals surface area contributed by atoms with E-state index in [4.69, 9.17) is 5.11 Å². The predicted octanol–water partition coefficient (Wildman–Crippen LogP) is 1.76. The van der Waals surface area contributed by atoms with Gasteiger partial charge in [0.2, 0.25) is 0 Å². The molecule has 0 bridgehead atoms. The lowest BCUT2D eigenvalue weighted by Gasteiger charge is -2.07. The highest BCUT2D eigenvalue weighted by atomic mass is 32.2. The first kappa shape index (κ1) is 10.1. The SMILES string of the molecule is CC(NSc1ccccc1)C(=O)O. The summed E-state index contributed by atoms with van der Waals surface area (Å²) in [5.41, 5.74) is 0. The molecule has 0 saturated heterocycles. The van der Waals surface area contributed by atoms with Gasteiger partial charge in [0.15, 0.2) is 0 Å². The summed E-state index contributed by atoms with van der Waals surface area (Å²) >= 11 is 1.33. The van der Waals surface area contributed by atoms with Crippen molar-refractivity contribution in [2.24, 2.45) is 0 Å². The molecule has 4 heteroatoms. The zero-order chi connectivity index (χ0) is 9.68. The highest BCUT2D eigenvalue weighted by molar-refractivity contribution is 7.97. The van der Waals surface area contributed by atoms with E-state index in [2.05, 4.69) is 4.72 Å². The lowest BCUT2D eigenvalue weighted by atomic mass is 10.4. The average Bonchev–Trinajstić information content (AvgIpc) is 2.15. The summed E-state index contributed by atoms with van der Waals surface area (Å²) in [6, 6.07) is 9.05. The highest BCUT2D eigenvalue weighted by Crippen LogP contribution is 2.13. The van der Waals surface area contributed by atoms with Crippen molar-refractivity contribution in [2.45, 2.75) is 17.9 Å². The quantitative estimate of drug-likeness (QED) is 0.722. The first-order valence-corrected chi connectivity index (χ1v) is 4.72. The Morgan fingerprint density at radius 2 is 2.08 bits per heavy atom. The van der Waals surface area contributed by atoms with E-state index in [1.165, 1.54) is 11.9 Å². The number of rotatable bonds is 4. The fourth-order valence-electron chi connectivity index (χ4n) is 0.695. The Kier molecular flexibility index (Phi) is 3.79. The Bertz CT molecular complexity index is 276. The average molecular weight is 197 g/mol. The first-order chi connectivity index (χ1) is 6.20. The van der Waals surface area contributed by atoms with Gasteiger partial charge in [-0.1, -0.05) is 18.2 Å². The lowest BCUT2D eigenvalue weighted by Crippen LogP contribution is -2.28. The maximum atomic E-state index is 10.4. The van der Waals surface area contributed by atoms with E-state index in [1.54, 1.807) is 6.92 Å². The monoisotopic (exact) mass is 197 g/mol. The number of carboxylic acid groups (broad SMARTS) is 1. The van der Waals surface area contributed by atoms with Crippen LogP contribution >= 0.6 is 11.9 Å². The summed E-state index contributed by atoms with van der Waals surface area (Å²) in [5.74, 6) is -0.844. The van der Waals surface area contributed by atoms with Crippen LogP contribution in [0, 0.1) is 0 Å². The topological polar surface area (TPSA) is 49.3 Å². The van der Waals surface area contributed by atoms with Crippen LogP contribution in [0.25, 0.3) is 0 Å². The number of carboxylic acids is 1. The van der Waals surface area contributed by atoms with Gasteiger partial charge in [0, 0.05) is 4.90 Å². The summed E-state index contributed by atoms with van der Waals surface area (Å²) in [7, 11) is 0. The molecule has 1 aromatic carbocycles. The van der Waals surface area contributed by atoms with Crippen molar-refractivity contribution in [3.8, 4) is 0 Å². The van der Waals surface area contributed by atoms with Gasteiger partial charge >= 0.3 is 5.97 Å². The van der Waals surface area contributed by atoms with E-state index >= 15 is 0 Å². The second kappa shape index (κ2) is 4.89. The van der Waals surface area contributed by atoms with Crippen LogP contribution in [-0.4, -0.2) is 17.1 Å². The minimum Gasteiger partial charge on any atom is -0.480 e. The van der Waals surface area contributed by atoms with Crippen LogP contribution in [-0.2, 0) is 4.79 Å². The van der Waals surface area contributed by atoms with E-state index in [1.807, 2.05) is 30.3 Å². The summed E-state index contributed by atoms with van der Waals surface area (Å²) in [4.78, 5) is 11.5. The molecule has 0 aliphatic carbocycles. The fourth-order valence-corrected chi connectivity index (χ4v) is 1.40. The lowest BCUT2D eigenvalue weighted by molar-refractivity contribution is -0.138. The Hall–Kier alpha value is -1.00. The van der Waals surface area contributed by atoms with Crippen LogP contribution in [0.2, 0.25) is 0 Å². The smallest absolute Gasteiger partial charge is 0.321 e. The maximum Gasteiger partial charge on any atom is 0.321 e. The molecule has 1 atom stereocenters. The van der Waals surface area contributed by atoms with Gasteiger partial charge in [-0.2, -0.15) is 0 Å². The summed E-state index contributed by atoms with van der Waals surface area (Å²) in [5, 5.41) is 8.58. The molecule has 3 nitrogen and oxygen atoms in total. The molecule has 0 heterocycles. The van der Waals surface area contributed by atoms with E-state index in [0.717, 1.165) is 4.90 Å². The van der Waals surface area contributed by atoms with E-state index < -0.39 is 12.0 Å². The zero-order valence-corrected chi connectivity index (χ0v) is 8.04. The Balaban J connectivity index is 2.39. The van der Waals surface area contributed by atoms with Crippen LogP contribution in [0.4, 0.5) is 0 Å². The second-order valence-electron chi connectivity index (χ2n) is 2.59. The summed E-state index contributed by atoms with van der Waals surface area (Å²) < 4.78 is 2.82. The van der Waals surface area contributed by atoms with Gasteiger partial charge in [0.1, 0.15) is 6.04 Å². The van der Waals surface area contributed by atoms with Gasteiger partial charge in [0.05, 0.1) is 0 Å². The molecular weight excluding hydrogens is 186 g/mol. The fraction of sp³-hybridized carbons (Fsp3) is 0.222. The molecule has 1 unspecified atom stereocenters. The molecule has 0 radical (unpaired) electrons. The number of hydrogen-bond donors (Lipinski definition) is 2. The van der Waals surface area contributed by atoms with Crippen molar-refractivity contribution in [1.82, 2.24) is 4.72 Å². The summed E-state index contributed by atoms with van der Waals surface area (Å²) in [6.45, 7) is 1.61. The molecule has 0 amide bonds. The number of aliphatic carboxylic acids is 1. The molecule has 0 spiro atoms. The Morgan fingerprint density at radius 3 is 2.62 bits per heavy atom. The molecule has 0 fully saturated rings. The number of carbonyl (C=O) groups is 1.